The molecular weight excluding hydrogens is 228 g/mol. The fourth-order valence-corrected chi connectivity index (χ4v) is 1.60. The zero-order valence-electron chi connectivity index (χ0n) is 8.74. The molecule has 1 aromatic heterocycles. The number of amides is 1. The van der Waals surface area contributed by atoms with E-state index in [9.17, 15) is 14.9 Å². The lowest BCUT2D eigenvalue weighted by atomic mass is 10.1. The number of carboxylic acid groups (broad SMARTS) is 1. The smallest absolute Gasteiger partial charge is 0.407 e. The number of nitrogens with one attached hydrogen (secondary N) is 1. The van der Waals surface area contributed by atoms with Crippen LogP contribution in [0.2, 0.25) is 0 Å². The van der Waals surface area contributed by atoms with Crippen molar-refractivity contribution in [3.63, 3.8) is 0 Å². The standard InChI is InChI=1S/C9H10N4O4/c14-9(15)12-4-6(5-12)11-7-1-2-10-3-8(7)13(16)17/h1-3,6H,4-5H2,(H,10,11)(H,14,15). The highest BCUT2D eigenvalue weighted by molar-refractivity contribution is 5.67. The van der Waals surface area contributed by atoms with E-state index in [0.29, 0.717) is 18.8 Å². The molecule has 0 saturated carbocycles. The lowest BCUT2D eigenvalue weighted by Gasteiger charge is -2.37. The van der Waals surface area contributed by atoms with E-state index in [0.717, 1.165) is 6.20 Å². The zero-order valence-corrected chi connectivity index (χ0v) is 8.74. The second-order valence-electron chi connectivity index (χ2n) is 3.68. The van der Waals surface area contributed by atoms with Crippen molar-refractivity contribution in [2.24, 2.45) is 0 Å². The number of nitro groups is 1. The lowest BCUT2D eigenvalue weighted by Crippen LogP contribution is -2.56. The van der Waals surface area contributed by atoms with Gasteiger partial charge in [0, 0.05) is 19.3 Å². The summed E-state index contributed by atoms with van der Waals surface area (Å²) in [7, 11) is 0. The summed E-state index contributed by atoms with van der Waals surface area (Å²) in [5, 5.41) is 22.3. The molecule has 2 rings (SSSR count). The van der Waals surface area contributed by atoms with Gasteiger partial charge in [-0.3, -0.25) is 15.1 Å². The zero-order chi connectivity index (χ0) is 12.4. The maximum absolute atomic E-state index is 10.7. The first-order valence-corrected chi connectivity index (χ1v) is 4.90. The Balaban J connectivity index is 2.01. The van der Waals surface area contributed by atoms with Crippen LogP contribution >= 0.6 is 0 Å². The minimum Gasteiger partial charge on any atom is -0.465 e. The van der Waals surface area contributed by atoms with E-state index in [1.807, 2.05) is 0 Å². The van der Waals surface area contributed by atoms with Gasteiger partial charge in [0.05, 0.1) is 11.0 Å². The van der Waals surface area contributed by atoms with Crippen LogP contribution in [0.1, 0.15) is 0 Å². The normalized spacial score (nSPS) is 15.2. The highest BCUT2D eigenvalue weighted by Gasteiger charge is 2.31. The number of aromatic nitrogens is 1. The number of hydrogen-bond donors (Lipinski definition) is 2. The molecule has 1 fully saturated rings. The summed E-state index contributed by atoms with van der Waals surface area (Å²) in [5.74, 6) is 0. The summed E-state index contributed by atoms with van der Waals surface area (Å²) < 4.78 is 0. The van der Waals surface area contributed by atoms with Gasteiger partial charge >= 0.3 is 11.8 Å². The van der Waals surface area contributed by atoms with E-state index in [1.165, 1.54) is 17.2 Å². The summed E-state index contributed by atoms with van der Waals surface area (Å²) >= 11 is 0. The van der Waals surface area contributed by atoms with Gasteiger partial charge in [-0.1, -0.05) is 0 Å². The fourth-order valence-electron chi connectivity index (χ4n) is 1.60. The van der Waals surface area contributed by atoms with Crippen LogP contribution in [-0.2, 0) is 0 Å². The van der Waals surface area contributed by atoms with Crippen LogP contribution in [0.5, 0.6) is 0 Å². The molecule has 8 heteroatoms. The molecule has 0 unspecified atom stereocenters. The van der Waals surface area contributed by atoms with Crippen molar-refractivity contribution in [1.29, 1.82) is 0 Å². The Morgan fingerprint density at radius 3 is 2.94 bits per heavy atom. The molecule has 1 aromatic rings. The van der Waals surface area contributed by atoms with Gasteiger partial charge in [0.15, 0.2) is 0 Å². The van der Waals surface area contributed by atoms with E-state index >= 15 is 0 Å². The molecule has 17 heavy (non-hydrogen) atoms. The molecule has 0 atom stereocenters. The monoisotopic (exact) mass is 238 g/mol. The largest absolute Gasteiger partial charge is 0.465 e. The molecule has 2 heterocycles. The van der Waals surface area contributed by atoms with Crippen molar-refractivity contribution < 1.29 is 14.8 Å². The molecule has 0 spiro atoms. The van der Waals surface area contributed by atoms with E-state index in [-0.39, 0.29) is 11.7 Å². The van der Waals surface area contributed by atoms with E-state index in [4.69, 9.17) is 5.11 Å². The number of hydrogen-bond acceptors (Lipinski definition) is 5. The molecule has 1 saturated heterocycles. The van der Waals surface area contributed by atoms with Crippen LogP contribution in [0.25, 0.3) is 0 Å². The number of likely N-dealkylation sites (tertiary alicyclic amines) is 1. The third-order valence-corrected chi connectivity index (χ3v) is 2.51. The average Bonchev–Trinajstić information content (AvgIpc) is 2.22. The van der Waals surface area contributed by atoms with Crippen LogP contribution in [-0.4, -0.2) is 45.1 Å². The summed E-state index contributed by atoms with van der Waals surface area (Å²) in [6.07, 6.45) is 1.63. The fraction of sp³-hybridized carbons (Fsp3) is 0.333. The average molecular weight is 238 g/mol. The third kappa shape index (κ3) is 2.25. The Bertz CT molecular complexity index is 458. The number of nitrogens with zero attached hydrogens (tertiary/aromatic N) is 3. The summed E-state index contributed by atoms with van der Waals surface area (Å²) in [4.78, 5) is 25.6. The van der Waals surface area contributed by atoms with Gasteiger partial charge in [-0.05, 0) is 6.07 Å². The number of anilines is 1. The van der Waals surface area contributed by atoms with Crippen LogP contribution in [0.4, 0.5) is 16.2 Å². The van der Waals surface area contributed by atoms with Crippen molar-refractivity contribution in [2.75, 3.05) is 18.4 Å². The topological polar surface area (TPSA) is 109 Å². The Morgan fingerprint density at radius 1 is 1.65 bits per heavy atom. The predicted octanol–water partition coefficient (Wildman–Crippen LogP) is 0.764. The Morgan fingerprint density at radius 2 is 2.35 bits per heavy atom. The quantitative estimate of drug-likeness (QED) is 0.594. The van der Waals surface area contributed by atoms with Gasteiger partial charge in [-0.2, -0.15) is 0 Å². The molecule has 8 nitrogen and oxygen atoms in total. The maximum Gasteiger partial charge on any atom is 0.407 e. The van der Waals surface area contributed by atoms with E-state index in [1.54, 1.807) is 0 Å². The van der Waals surface area contributed by atoms with Gasteiger partial charge in [0.25, 0.3) is 0 Å². The molecule has 0 radical (unpaired) electrons. The first kappa shape index (κ1) is 11.1. The van der Waals surface area contributed by atoms with Gasteiger partial charge < -0.3 is 15.3 Å². The minimum absolute atomic E-state index is 0.0906. The third-order valence-electron chi connectivity index (χ3n) is 2.51. The number of pyridine rings is 1. The highest BCUT2D eigenvalue weighted by Crippen LogP contribution is 2.24. The number of rotatable bonds is 3. The Hall–Kier alpha value is -2.38. The van der Waals surface area contributed by atoms with E-state index < -0.39 is 11.0 Å². The molecular formula is C9H10N4O4. The minimum atomic E-state index is -0.979. The van der Waals surface area contributed by atoms with Crippen LogP contribution in [0.3, 0.4) is 0 Å². The van der Waals surface area contributed by atoms with Gasteiger partial charge in [0.2, 0.25) is 0 Å². The second-order valence-corrected chi connectivity index (χ2v) is 3.68. The molecule has 1 aliphatic rings. The van der Waals surface area contributed by atoms with Crippen molar-refractivity contribution in [3.05, 3.63) is 28.6 Å². The van der Waals surface area contributed by atoms with Crippen molar-refractivity contribution in [2.45, 2.75) is 6.04 Å². The molecule has 0 aromatic carbocycles. The SMILES string of the molecule is O=C(O)N1CC(Nc2ccncc2[N+](=O)[O-])C1. The van der Waals surface area contributed by atoms with Crippen molar-refractivity contribution in [3.8, 4) is 0 Å². The summed E-state index contributed by atoms with van der Waals surface area (Å²) in [5.41, 5.74) is 0.251. The maximum atomic E-state index is 10.7. The molecule has 0 bridgehead atoms. The second kappa shape index (κ2) is 4.24. The van der Waals surface area contributed by atoms with Crippen LogP contribution in [0, 0.1) is 10.1 Å². The Kier molecular flexibility index (Phi) is 2.77. The van der Waals surface area contributed by atoms with Crippen LogP contribution < -0.4 is 5.32 Å². The van der Waals surface area contributed by atoms with Crippen molar-refractivity contribution >= 4 is 17.5 Å². The summed E-state index contributed by atoms with van der Waals surface area (Å²) in [6, 6.07) is 1.41. The number of carbonyl (C=O) groups is 1. The molecule has 0 aliphatic carbocycles. The highest BCUT2D eigenvalue weighted by atomic mass is 16.6. The Labute approximate surface area is 96.0 Å². The first-order valence-electron chi connectivity index (χ1n) is 4.90. The van der Waals surface area contributed by atoms with Gasteiger partial charge in [-0.25, -0.2) is 4.79 Å². The van der Waals surface area contributed by atoms with Gasteiger partial charge in [0.1, 0.15) is 11.9 Å². The predicted molar refractivity (Wildman–Crippen MR) is 57.9 cm³/mol. The molecule has 90 valence electrons. The summed E-state index contributed by atoms with van der Waals surface area (Å²) in [6.45, 7) is 0.656. The first-order chi connectivity index (χ1) is 8.08. The van der Waals surface area contributed by atoms with Crippen LogP contribution in [0.15, 0.2) is 18.5 Å². The molecule has 1 amide bonds. The van der Waals surface area contributed by atoms with E-state index in [2.05, 4.69) is 10.3 Å². The molecule has 1 aliphatic heterocycles. The van der Waals surface area contributed by atoms with Crippen molar-refractivity contribution in [1.82, 2.24) is 9.88 Å². The van der Waals surface area contributed by atoms with Gasteiger partial charge in [-0.15, -0.1) is 0 Å². The molecule has 2 N–H and O–H groups in total. The lowest BCUT2D eigenvalue weighted by molar-refractivity contribution is -0.384.